The predicted octanol–water partition coefficient (Wildman–Crippen LogP) is 2.09. The molecule has 144 valence electrons. The number of nitrogens with zero attached hydrogens (tertiary/aromatic N) is 3. The minimum absolute atomic E-state index is 0.0751. The van der Waals surface area contributed by atoms with Crippen LogP contribution in [0.5, 0.6) is 5.75 Å². The van der Waals surface area contributed by atoms with E-state index in [1.807, 2.05) is 6.07 Å². The molecule has 0 saturated carbocycles. The van der Waals surface area contributed by atoms with Crippen LogP contribution in [-0.4, -0.2) is 61.1 Å². The fourth-order valence-electron chi connectivity index (χ4n) is 3.06. The molecule has 0 aliphatic carbocycles. The summed E-state index contributed by atoms with van der Waals surface area (Å²) >= 11 is 0. The van der Waals surface area contributed by atoms with Crippen LogP contribution >= 0.6 is 0 Å². The van der Waals surface area contributed by atoms with Gasteiger partial charge in [-0.3, -0.25) is 4.79 Å². The van der Waals surface area contributed by atoms with Crippen molar-refractivity contribution < 1.29 is 9.53 Å². The topological polar surface area (TPSA) is 91.4 Å². The number of likely N-dealkylation sites (tertiary alicyclic amines) is 1. The fraction of sp³-hybridized carbons (Fsp3) is 0.421. The van der Waals surface area contributed by atoms with Crippen LogP contribution in [0.3, 0.4) is 0 Å². The third-order valence-corrected chi connectivity index (χ3v) is 4.70. The van der Waals surface area contributed by atoms with E-state index < -0.39 is 0 Å². The van der Waals surface area contributed by atoms with E-state index >= 15 is 0 Å². The van der Waals surface area contributed by atoms with Crippen LogP contribution in [0, 0.1) is 0 Å². The van der Waals surface area contributed by atoms with Crippen molar-refractivity contribution in [3.05, 3.63) is 36.2 Å². The molecule has 0 spiro atoms. The molecule has 1 aliphatic rings. The molecular weight excluding hydrogens is 344 g/mol. The largest absolute Gasteiger partial charge is 0.495 e. The Morgan fingerprint density at radius 3 is 2.63 bits per heavy atom. The molecule has 3 N–H and O–H groups in total. The lowest BCUT2D eigenvalue weighted by molar-refractivity contribution is 0.0916. The third kappa shape index (κ3) is 4.85. The van der Waals surface area contributed by atoms with Crippen molar-refractivity contribution in [2.45, 2.75) is 18.9 Å². The van der Waals surface area contributed by atoms with E-state index in [2.05, 4.69) is 37.9 Å². The summed E-state index contributed by atoms with van der Waals surface area (Å²) in [5, 5.41) is 9.29. The van der Waals surface area contributed by atoms with Crippen molar-refractivity contribution in [1.29, 1.82) is 0 Å². The van der Waals surface area contributed by atoms with Gasteiger partial charge in [-0.1, -0.05) is 0 Å². The molecule has 1 aromatic heterocycles. The van der Waals surface area contributed by atoms with Gasteiger partial charge in [0.1, 0.15) is 23.7 Å². The number of carbonyl (C=O) groups is 1. The number of anilines is 3. The lowest BCUT2D eigenvalue weighted by Gasteiger charge is -2.29. The molecule has 1 fully saturated rings. The van der Waals surface area contributed by atoms with E-state index in [-0.39, 0.29) is 11.9 Å². The predicted molar refractivity (Wildman–Crippen MR) is 106 cm³/mol. The van der Waals surface area contributed by atoms with E-state index in [1.54, 1.807) is 32.4 Å². The number of rotatable bonds is 6. The number of hydrogen-bond acceptors (Lipinski definition) is 7. The van der Waals surface area contributed by atoms with Gasteiger partial charge in [-0.05, 0) is 51.2 Å². The van der Waals surface area contributed by atoms with E-state index in [9.17, 15) is 4.79 Å². The zero-order valence-corrected chi connectivity index (χ0v) is 16.0. The second kappa shape index (κ2) is 8.68. The standard InChI is InChI=1S/C19H26N6O2/c1-20-17-11-18(22-12-21-17)24-15-5-4-13(10-16(15)27-3)19(26)23-14-6-8-25(2)9-7-14/h4-5,10-12,14H,6-9H2,1-3H3,(H,23,26)(H2,20,21,22,24). The molecule has 1 aliphatic heterocycles. The van der Waals surface area contributed by atoms with Gasteiger partial charge in [-0.25, -0.2) is 9.97 Å². The van der Waals surface area contributed by atoms with E-state index in [0.29, 0.717) is 22.9 Å². The summed E-state index contributed by atoms with van der Waals surface area (Å²) in [7, 11) is 5.48. The first-order valence-electron chi connectivity index (χ1n) is 9.03. The molecule has 27 heavy (non-hydrogen) atoms. The van der Waals surface area contributed by atoms with Gasteiger partial charge in [0, 0.05) is 24.7 Å². The molecule has 1 amide bonds. The quantitative estimate of drug-likeness (QED) is 0.717. The second-order valence-corrected chi connectivity index (χ2v) is 6.63. The smallest absolute Gasteiger partial charge is 0.251 e. The summed E-state index contributed by atoms with van der Waals surface area (Å²) in [4.78, 5) is 23.2. The summed E-state index contributed by atoms with van der Waals surface area (Å²) in [5.41, 5.74) is 1.31. The molecule has 8 heteroatoms. The first-order chi connectivity index (χ1) is 13.1. The molecule has 8 nitrogen and oxygen atoms in total. The van der Waals surface area contributed by atoms with E-state index in [1.165, 1.54) is 6.33 Å². The highest BCUT2D eigenvalue weighted by Crippen LogP contribution is 2.28. The van der Waals surface area contributed by atoms with Crippen molar-refractivity contribution in [3.8, 4) is 5.75 Å². The molecule has 2 heterocycles. The first kappa shape index (κ1) is 18.9. The van der Waals surface area contributed by atoms with Gasteiger partial charge in [0.25, 0.3) is 5.91 Å². The Kier molecular flexibility index (Phi) is 6.08. The number of aromatic nitrogens is 2. The molecular formula is C19H26N6O2. The Balaban J connectivity index is 1.70. The fourth-order valence-corrected chi connectivity index (χ4v) is 3.06. The van der Waals surface area contributed by atoms with E-state index in [0.717, 1.165) is 31.6 Å². The van der Waals surface area contributed by atoms with Crippen molar-refractivity contribution in [2.24, 2.45) is 0 Å². The Hall–Kier alpha value is -2.87. The number of nitrogens with one attached hydrogen (secondary N) is 3. The third-order valence-electron chi connectivity index (χ3n) is 4.70. The maximum absolute atomic E-state index is 12.6. The van der Waals surface area contributed by atoms with Gasteiger partial charge in [0.2, 0.25) is 0 Å². The molecule has 0 unspecified atom stereocenters. The van der Waals surface area contributed by atoms with Crippen LogP contribution < -0.4 is 20.7 Å². The minimum atomic E-state index is -0.0751. The number of amides is 1. The number of benzene rings is 1. The molecule has 0 bridgehead atoms. The highest BCUT2D eigenvalue weighted by Gasteiger charge is 2.19. The lowest BCUT2D eigenvalue weighted by atomic mass is 10.0. The normalized spacial score (nSPS) is 15.2. The number of ether oxygens (including phenoxy) is 1. The van der Waals surface area contributed by atoms with Crippen LogP contribution in [-0.2, 0) is 0 Å². The van der Waals surface area contributed by atoms with Crippen LogP contribution in [0.4, 0.5) is 17.3 Å². The molecule has 0 atom stereocenters. The van der Waals surface area contributed by atoms with Crippen LogP contribution in [0.15, 0.2) is 30.6 Å². The highest BCUT2D eigenvalue weighted by molar-refractivity contribution is 5.95. The van der Waals surface area contributed by atoms with Gasteiger partial charge in [0.05, 0.1) is 12.8 Å². The summed E-state index contributed by atoms with van der Waals surface area (Å²) in [6.45, 7) is 2.01. The highest BCUT2D eigenvalue weighted by atomic mass is 16.5. The second-order valence-electron chi connectivity index (χ2n) is 6.63. The Bertz CT molecular complexity index is 790. The summed E-state index contributed by atoms with van der Waals surface area (Å²) in [5.74, 6) is 1.85. The average molecular weight is 370 g/mol. The Labute approximate surface area is 159 Å². The monoisotopic (exact) mass is 370 g/mol. The van der Waals surface area contributed by atoms with Gasteiger partial charge in [-0.15, -0.1) is 0 Å². The maximum Gasteiger partial charge on any atom is 0.251 e. The van der Waals surface area contributed by atoms with Crippen molar-refractivity contribution in [3.63, 3.8) is 0 Å². The molecule has 1 saturated heterocycles. The van der Waals surface area contributed by atoms with Crippen molar-refractivity contribution >= 4 is 23.2 Å². The van der Waals surface area contributed by atoms with Crippen LogP contribution in [0.25, 0.3) is 0 Å². The zero-order chi connectivity index (χ0) is 19.2. The molecule has 3 rings (SSSR count). The molecule has 0 radical (unpaired) electrons. The SMILES string of the molecule is CNc1cc(Nc2ccc(C(=O)NC3CCN(C)CC3)cc2OC)ncn1. The number of hydrogen-bond donors (Lipinski definition) is 3. The average Bonchev–Trinajstić information content (AvgIpc) is 2.70. The summed E-state index contributed by atoms with van der Waals surface area (Å²) < 4.78 is 5.46. The minimum Gasteiger partial charge on any atom is -0.495 e. The van der Waals surface area contributed by atoms with Gasteiger partial charge in [-0.2, -0.15) is 0 Å². The van der Waals surface area contributed by atoms with Gasteiger partial charge in [0.15, 0.2) is 0 Å². The molecule has 1 aromatic carbocycles. The van der Waals surface area contributed by atoms with Gasteiger partial charge < -0.3 is 25.6 Å². The van der Waals surface area contributed by atoms with Crippen molar-refractivity contribution in [1.82, 2.24) is 20.2 Å². The number of carbonyl (C=O) groups excluding carboxylic acids is 1. The number of methoxy groups -OCH3 is 1. The van der Waals surface area contributed by atoms with E-state index in [4.69, 9.17) is 4.74 Å². The zero-order valence-electron chi connectivity index (χ0n) is 16.0. The molecule has 2 aromatic rings. The maximum atomic E-state index is 12.6. The van der Waals surface area contributed by atoms with Crippen molar-refractivity contribution in [2.75, 3.05) is 44.9 Å². The summed E-state index contributed by atoms with van der Waals surface area (Å²) in [6.07, 6.45) is 3.42. The Morgan fingerprint density at radius 2 is 1.93 bits per heavy atom. The Morgan fingerprint density at radius 1 is 1.19 bits per heavy atom. The lowest BCUT2D eigenvalue weighted by Crippen LogP contribution is -2.43. The first-order valence-corrected chi connectivity index (χ1v) is 9.03. The van der Waals surface area contributed by atoms with Crippen LogP contribution in [0.1, 0.15) is 23.2 Å². The number of piperidine rings is 1. The van der Waals surface area contributed by atoms with Crippen LogP contribution in [0.2, 0.25) is 0 Å². The van der Waals surface area contributed by atoms with Gasteiger partial charge >= 0.3 is 0 Å². The summed E-state index contributed by atoms with van der Waals surface area (Å²) in [6, 6.07) is 7.37.